The largest absolute Gasteiger partial charge is 0.452 e. The molecule has 0 bridgehead atoms. The van der Waals surface area contributed by atoms with Crippen LogP contribution < -0.4 is 5.32 Å². The molecule has 6 nitrogen and oxygen atoms in total. The second-order valence-electron chi connectivity index (χ2n) is 6.50. The van der Waals surface area contributed by atoms with E-state index in [0.29, 0.717) is 12.2 Å². The van der Waals surface area contributed by atoms with Gasteiger partial charge >= 0.3 is 5.97 Å². The van der Waals surface area contributed by atoms with E-state index in [1.165, 1.54) is 6.08 Å². The van der Waals surface area contributed by atoms with Gasteiger partial charge in [0.25, 0.3) is 5.91 Å². The standard InChI is InChI=1S/C23H23N3O3/c1-2-18-9-6-10-21(13-18)25-22(27)17-29-23(28)12-11-20-14-24-26(16-20)15-19-7-4-3-5-8-19/h3-14,16H,2,15,17H2,1H3,(H,25,27)/b12-11+. The highest BCUT2D eigenvalue weighted by molar-refractivity contribution is 5.94. The summed E-state index contributed by atoms with van der Waals surface area (Å²) in [4.78, 5) is 23.8. The van der Waals surface area contributed by atoms with Gasteiger partial charge in [-0.15, -0.1) is 0 Å². The zero-order valence-corrected chi connectivity index (χ0v) is 16.2. The number of anilines is 1. The average molecular weight is 389 g/mol. The molecule has 6 heteroatoms. The van der Waals surface area contributed by atoms with Crippen LogP contribution in [0.1, 0.15) is 23.6 Å². The van der Waals surface area contributed by atoms with Crippen molar-refractivity contribution in [2.75, 3.05) is 11.9 Å². The summed E-state index contributed by atoms with van der Waals surface area (Å²) in [6.07, 6.45) is 7.28. The van der Waals surface area contributed by atoms with Crippen molar-refractivity contribution in [2.24, 2.45) is 0 Å². The van der Waals surface area contributed by atoms with Crippen LogP contribution >= 0.6 is 0 Å². The van der Waals surface area contributed by atoms with Crippen LogP contribution in [-0.2, 0) is 27.3 Å². The number of amides is 1. The third-order valence-corrected chi connectivity index (χ3v) is 4.22. The number of esters is 1. The number of hydrogen-bond acceptors (Lipinski definition) is 4. The third kappa shape index (κ3) is 6.46. The van der Waals surface area contributed by atoms with Crippen LogP contribution in [0.15, 0.2) is 73.1 Å². The van der Waals surface area contributed by atoms with E-state index in [-0.39, 0.29) is 12.5 Å². The molecular formula is C23H23N3O3. The fourth-order valence-electron chi connectivity index (χ4n) is 2.74. The number of rotatable bonds is 8. The molecule has 148 valence electrons. The third-order valence-electron chi connectivity index (χ3n) is 4.22. The Kier molecular flexibility index (Phi) is 6.95. The molecule has 0 aliphatic heterocycles. The van der Waals surface area contributed by atoms with Crippen LogP contribution in [-0.4, -0.2) is 28.3 Å². The van der Waals surface area contributed by atoms with Crippen LogP contribution in [0.4, 0.5) is 5.69 Å². The predicted molar refractivity (Wildman–Crippen MR) is 112 cm³/mol. The molecular weight excluding hydrogens is 366 g/mol. The molecule has 0 atom stereocenters. The normalized spacial score (nSPS) is 10.8. The maximum atomic E-state index is 11.9. The molecule has 0 spiro atoms. The monoisotopic (exact) mass is 389 g/mol. The Morgan fingerprint density at radius 3 is 2.69 bits per heavy atom. The van der Waals surface area contributed by atoms with Gasteiger partial charge in [-0.2, -0.15) is 5.10 Å². The lowest BCUT2D eigenvalue weighted by Crippen LogP contribution is -2.20. The second kappa shape index (κ2) is 10.0. The molecule has 3 rings (SSSR count). The van der Waals surface area contributed by atoms with Crippen molar-refractivity contribution in [1.82, 2.24) is 9.78 Å². The van der Waals surface area contributed by atoms with Crippen molar-refractivity contribution in [3.05, 3.63) is 89.8 Å². The quantitative estimate of drug-likeness (QED) is 0.471. The number of carbonyl (C=O) groups excluding carboxylic acids is 2. The van der Waals surface area contributed by atoms with Gasteiger partial charge in [0.2, 0.25) is 0 Å². The van der Waals surface area contributed by atoms with Gasteiger partial charge < -0.3 is 10.1 Å². The fourth-order valence-corrected chi connectivity index (χ4v) is 2.74. The van der Waals surface area contributed by atoms with Gasteiger partial charge in [0.05, 0.1) is 12.7 Å². The first-order valence-corrected chi connectivity index (χ1v) is 9.42. The lowest BCUT2D eigenvalue weighted by atomic mass is 10.1. The van der Waals surface area contributed by atoms with E-state index < -0.39 is 5.97 Å². The Bertz CT molecular complexity index is 993. The number of nitrogens with one attached hydrogen (secondary N) is 1. The molecule has 0 aliphatic rings. The Hall–Kier alpha value is -3.67. The van der Waals surface area contributed by atoms with Crippen LogP contribution in [0.5, 0.6) is 0 Å². The Labute approximate surface area is 169 Å². The molecule has 0 radical (unpaired) electrons. The number of aromatic nitrogens is 2. The van der Waals surface area contributed by atoms with Crippen molar-refractivity contribution in [2.45, 2.75) is 19.9 Å². The summed E-state index contributed by atoms with van der Waals surface area (Å²) >= 11 is 0. The SMILES string of the molecule is CCc1cccc(NC(=O)COC(=O)/C=C/c2cnn(Cc3ccccc3)c2)c1. The summed E-state index contributed by atoms with van der Waals surface area (Å²) in [6.45, 7) is 2.35. The van der Waals surface area contributed by atoms with Gasteiger partial charge in [-0.05, 0) is 35.8 Å². The number of ether oxygens (including phenoxy) is 1. The van der Waals surface area contributed by atoms with Crippen LogP contribution in [0.3, 0.4) is 0 Å². The van der Waals surface area contributed by atoms with Crippen molar-refractivity contribution >= 4 is 23.6 Å². The number of aryl methyl sites for hydroxylation is 1. The first kappa shape index (κ1) is 20.1. The lowest BCUT2D eigenvalue weighted by Gasteiger charge is -2.06. The zero-order valence-electron chi connectivity index (χ0n) is 16.2. The molecule has 1 amide bonds. The van der Waals surface area contributed by atoms with Gasteiger partial charge in [-0.25, -0.2) is 4.79 Å². The maximum absolute atomic E-state index is 11.9. The van der Waals surface area contributed by atoms with Gasteiger partial charge in [0, 0.05) is 23.5 Å². The fraction of sp³-hybridized carbons (Fsp3) is 0.174. The molecule has 3 aromatic rings. The van der Waals surface area contributed by atoms with E-state index in [4.69, 9.17) is 4.74 Å². The zero-order chi connectivity index (χ0) is 20.5. The minimum atomic E-state index is -0.585. The summed E-state index contributed by atoms with van der Waals surface area (Å²) in [5.74, 6) is -0.964. The summed E-state index contributed by atoms with van der Waals surface area (Å²) < 4.78 is 6.78. The predicted octanol–water partition coefficient (Wildman–Crippen LogP) is 3.69. The van der Waals surface area contributed by atoms with Crippen molar-refractivity contribution in [3.8, 4) is 0 Å². The molecule has 1 aromatic heterocycles. The number of carbonyl (C=O) groups is 2. The summed E-state index contributed by atoms with van der Waals surface area (Å²) in [5.41, 5.74) is 3.72. The van der Waals surface area contributed by atoms with E-state index in [9.17, 15) is 9.59 Å². The average Bonchev–Trinajstić information content (AvgIpc) is 3.19. The van der Waals surface area contributed by atoms with E-state index in [2.05, 4.69) is 10.4 Å². The molecule has 0 fully saturated rings. The van der Waals surface area contributed by atoms with E-state index in [0.717, 1.165) is 23.1 Å². The van der Waals surface area contributed by atoms with Gasteiger partial charge in [0.15, 0.2) is 6.61 Å². The molecule has 1 N–H and O–H groups in total. The maximum Gasteiger partial charge on any atom is 0.331 e. The Morgan fingerprint density at radius 2 is 1.90 bits per heavy atom. The molecule has 1 heterocycles. The number of benzene rings is 2. The summed E-state index contributed by atoms with van der Waals surface area (Å²) in [7, 11) is 0. The number of hydrogen-bond donors (Lipinski definition) is 1. The second-order valence-corrected chi connectivity index (χ2v) is 6.50. The molecule has 2 aromatic carbocycles. The highest BCUT2D eigenvalue weighted by Crippen LogP contribution is 2.11. The highest BCUT2D eigenvalue weighted by Gasteiger charge is 2.06. The van der Waals surface area contributed by atoms with E-state index in [1.807, 2.05) is 61.7 Å². The Balaban J connectivity index is 1.45. The van der Waals surface area contributed by atoms with Crippen molar-refractivity contribution < 1.29 is 14.3 Å². The topological polar surface area (TPSA) is 73.2 Å². The first-order valence-electron chi connectivity index (χ1n) is 9.42. The van der Waals surface area contributed by atoms with E-state index in [1.54, 1.807) is 23.0 Å². The highest BCUT2D eigenvalue weighted by atomic mass is 16.5. The van der Waals surface area contributed by atoms with Crippen LogP contribution in [0.25, 0.3) is 6.08 Å². The van der Waals surface area contributed by atoms with Crippen molar-refractivity contribution in [3.63, 3.8) is 0 Å². The first-order chi connectivity index (χ1) is 14.1. The summed E-state index contributed by atoms with van der Waals surface area (Å²) in [5, 5.41) is 6.99. The van der Waals surface area contributed by atoms with Gasteiger partial charge in [-0.1, -0.05) is 49.4 Å². The van der Waals surface area contributed by atoms with Gasteiger partial charge in [-0.3, -0.25) is 9.48 Å². The van der Waals surface area contributed by atoms with Crippen LogP contribution in [0.2, 0.25) is 0 Å². The molecule has 0 aliphatic carbocycles. The number of nitrogens with zero attached hydrogens (tertiary/aromatic N) is 2. The molecule has 0 saturated carbocycles. The lowest BCUT2D eigenvalue weighted by molar-refractivity contribution is -0.142. The smallest absolute Gasteiger partial charge is 0.331 e. The molecule has 0 unspecified atom stereocenters. The van der Waals surface area contributed by atoms with Crippen LogP contribution in [0, 0.1) is 0 Å². The molecule has 29 heavy (non-hydrogen) atoms. The summed E-state index contributed by atoms with van der Waals surface area (Å²) in [6, 6.07) is 17.5. The Morgan fingerprint density at radius 1 is 1.10 bits per heavy atom. The minimum Gasteiger partial charge on any atom is -0.452 e. The van der Waals surface area contributed by atoms with E-state index >= 15 is 0 Å². The van der Waals surface area contributed by atoms with Gasteiger partial charge in [0.1, 0.15) is 0 Å². The van der Waals surface area contributed by atoms with Crippen molar-refractivity contribution in [1.29, 1.82) is 0 Å². The molecule has 0 saturated heterocycles. The minimum absolute atomic E-state index is 0.340.